The van der Waals surface area contributed by atoms with Crippen LogP contribution in [-0.4, -0.2) is 30.0 Å². The average Bonchev–Trinajstić information content (AvgIpc) is 2.46. The topological polar surface area (TPSA) is 121 Å². The van der Waals surface area contributed by atoms with E-state index in [1.807, 2.05) is 0 Å². The van der Waals surface area contributed by atoms with Gasteiger partial charge in [-0.1, -0.05) is 6.07 Å². The number of carbonyl (C=O) groups is 2. The van der Waals surface area contributed by atoms with Gasteiger partial charge in [0.2, 0.25) is 0 Å². The maximum Gasteiger partial charge on any atom is 0.335 e. The predicted molar refractivity (Wildman–Crippen MR) is 77.6 cm³/mol. The molecule has 7 nitrogen and oxygen atoms in total. The van der Waals surface area contributed by atoms with Crippen molar-refractivity contribution in [2.75, 3.05) is 5.32 Å². The first kappa shape index (κ1) is 15.7. The van der Waals surface area contributed by atoms with E-state index in [2.05, 4.69) is 5.32 Å². The summed E-state index contributed by atoms with van der Waals surface area (Å²) in [6.45, 7) is 0. The molecule has 0 saturated heterocycles. The zero-order chi connectivity index (χ0) is 16.3. The maximum atomic E-state index is 12.0. The summed E-state index contributed by atoms with van der Waals surface area (Å²) in [6, 6.07) is 10.4. The second-order valence-corrected chi connectivity index (χ2v) is 5.76. The Bertz CT molecular complexity index is 827. The standard InChI is InChI=1S/C14H11NO6S/c16-13(9-4-6-10(7-5-9)14(17)18)15-11-2-1-3-12(8-11)22(19,20)21/h1-8H,(H,15,16)(H,17,18)(H,19,20,21). The highest BCUT2D eigenvalue weighted by atomic mass is 32.2. The van der Waals surface area contributed by atoms with E-state index >= 15 is 0 Å². The van der Waals surface area contributed by atoms with Crippen LogP contribution in [0.2, 0.25) is 0 Å². The molecule has 0 aliphatic rings. The first-order valence-corrected chi connectivity index (χ1v) is 7.43. The lowest BCUT2D eigenvalue weighted by Crippen LogP contribution is -2.12. The third-order valence-electron chi connectivity index (χ3n) is 2.78. The molecular weight excluding hydrogens is 310 g/mol. The fourth-order valence-electron chi connectivity index (χ4n) is 1.70. The van der Waals surface area contributed by atoms with E-state index in [1.165, 1.54) is 42.5 Å². The number of carbonyl (C=O) groups excluding carboxylic acids is 1. The molecule has 0 spiro atoms. The highest BCUT2D eigenvalue weighted by molar-refractivity contribution is 7.85. The fourth-order valence-corrected chi connectivity index (χ4v) is 2.23. The molecule has 2 aromatic carbocycles. The molecule has 2 rings (SSSR count). The minimum absolute atomic E-state index is 0.0462. The van der Waals surface area contributed by atoms with E-state index in [0.717, 1.165) is 6.07 Å². The summed E-state index contributed by atoms with van der Waals surface area (Å²) in [4.78, 5) is 22.4. The minimum Gasteiger partial charge on any atom is -0.478 e. The lowest BCUT2D eigenvalue weighted by atomic mass is 10.1. The predicted octanol–water partition coefficient (Wildman–Crippen LogP) is 1.88. The third kappa shape index (κ3) is 3.68. The molecule has 114 valence electrons. The summed E-state index contributed by atoms with van der Waals surface area (Å²) in [5, 5.41) is 11.2. The molecule has 8 heteroatoms. The van der Waals surface area contributed by atoms with Gasteiger partial charge in [-0.15, -0.1) is 0 Å². The third-order valence-corrected chi connectivity index (χ3v) is 3.63. The van der Waals surface area contributed by atoms with Crippen molar-refractivity contribution in [3.8, 4) is 0 Å². The summed E-state index contributed by atoms with van der Waals surface area (Å²) in [7, 11) is -4.36. The Morgan fingerprint density at radius 3 is 2.09 bits per heavy atom. The lowest BCUT2D eigenvalue weighted by molar-refractivity contribution is 0.0696. The van der Waals surface area contributed by atoms with E-state index in [0.29, 0.717) is 0 Å². The molecule has 0 heterocycles. The zero-order valence-electron chi connectivity index (χ0n) is 11.1. The Morgan fingerprint density at radius 2 is 1.55 bits per heavy atom. The van der Waals surface area contributed by atoms with Gasteiger partial charge in [0.15, 0.2) is 0 Å². The molecular formula is C14H11NO6S. The first-order chi connectivity index (χ1) is 10.3. The number of carboxylic acids is 1. The van der Waals surface area contributed by atoms with Crippen LogP contribution < -0.4 is 5.32 Å². The molecule has 0 fully saturated rings. The molecule has 0 radical (unpaired) electrons. The molecule has 22 heavy (non-hydrogen) atoms. The van der Waals surface area contributed by atoms with Crippen LogP contribution in [0.5, 0.6) is 0 Å². The smallest absolute Gasteiger partial charge is 0.335 e. The first-order valence-electron chi connectivity index (χ1n) is 5.99. The summed E-state index contributed by atoms with van der Waals surface area (Å²) in [6.07, 6.45) is 0. The molecule has 0 atom stereocenters. The van der Waals surface area contributed by atoms with Gasteiger partial charge in [0, 0.05) is 11.3 Å². The van der Waals surface area contributed by atoms with Crippen molar-refractivity contribution < 1.29 is 27.7 Å². The summed E-state index contributed by atoms with van der Waals surface area (Å²) < 4.78 is 31.0. The summed E-state index contributed by atoms with van der Waals surface area (Å²) in [5.74, 6) is -1.64. The van der Waals surface area contributed by atoms with Gasteiger partial charge in [0.25, 0.3) is 16.0 Å². The fraction of sp³-hybridized carbons (Fsp3) is 0. The Hall–Kier alpha value is -2.71. The van der Waals surface area contributed by atoms with E-state index in [4.69, 9.17) is 9.66 Å². The second kappa shape index (κ2) is 5.96. The van der Waals surface area contributed by atoms with Crippen LogP contribution >= 0.6 is 0 Å². The van der Waals surface area contributed by atoms with Crippen LogP contribution in [0, 0.1) is 0 Å². The summed E-state index contributed by atoms with van der Waals surface area (Å²) >= 11 is 0. The van der Waals surface area contributed by atoms with Crippen LogP contribution in [0.15, 0.2) is 53.4 Å². The number of rotatable bonds is 4. The van der Waals surface area contributed by atoms with Crippen molar-refractivity contribution in [1.82, 2.24) is 0 Å². The van der Waals surface area contributed by atoms with Crippen molar-refractivity contribution in [2.45, 2.75) is 4.90 Å². The molecule has 0 aliphatic carbocycles. The van der Waals surface area contributed by atoms with Crippen LogP contribution in [0.4, 0.5) is 5.69 Å². The highest BCUT2D eigenvalue weighted by Gasteiger charge is 2.12. The number of nitrogens with one attached hydrogen (secondary N) is 1. The SMILES string of the molecule is O=C(O)c1ccc(C(=O)Nc2cccc(S(=O)(=O)O)c2)cc1. The molecule has 3 N–H and O–H groups in total. The van der Waals surface area contributed by atoms with E-state index in [9.17, 15) is 18.0 Å². The van der Waals surface area contributed by atoms with Crippen molar-refractivity contribution in [3.63, 3.8) is 0 Å². The molecule has 0 aromatic heterocycles. The number of amides is 1. The van der Waals surface area contributed by atoms with Gasteiger partial charge in [-0.05, 0) is 42.5 Å². The zero-order valence-corrected chi connectivity index (χ0v) is 11.9. The van der Waals surface area contributed by atoms with E-state index < -0.39 is 22.0 Å². The Morgan fingerprint density at radius 1 is 0.955 bits per heavy atom. The normalized spacial score (nSPS) is 11.0. The van der Waals surface area contributed by atoms with Crippen LogP contribution in [-0.2, 0) is 10.1 Å². The van der Waals surface area contributed by atoms with Crippen molar-refractivity contribution >= 4 is 27.7 Å². The number of hydrogen-bond acceptors (Lipinski definition) is 4. The molecule has 0 bridgehead atoms. The van der Waals surface area contributed by atoms with Gasteiger partial charge in [0.1, 0.15) is 0 Å². The molecule has 0 aliphatic heterocycles. The number of benzene rings is 2. The molecule has 2 aromatic rings. The van der Waals surface area contributed by atoms with Crippen LogP contribution in [0.25, 0.3) is 0 Å². The Kier molecular flexibility index (Phi) is 4.25. The Balaban J connectivity index is 2.20. The maximum absolute atomic E-state index is 12.0. The highest BCUT2D eigenvalue weighted by Crippen LogP contribution is 2.16. The average molecular weight is 321 g/mol. The molecule has 0 unspecified atom stereocenters. The van der Waals surface area contributed by atoms with Gasteiger partial charge in [-0.25, -0.2) is 4.79 Å². The monoisotopic (exact) mass is 321 g/mol. The van der Waals surface area contributed by atoms with Gasteiger partial charge >= 0.3 is 5.97 Å². The number of hydrogen-bond donors (Lipinski definition) is 3. The van der Waals surface area contributed by atoms with Crippen LogP contribution in [0.1, 0.15) is 20.7 Å². The number of aromatic carboxylic acids is 1. The lowest BCUT2D eigenvalue weighted by Gasteiger charge is -2.06. The van der Waals surface area contributed by atoms with Crippen LogP contribution in [0.3, 0.4) is 0 Å². The van der Waals surface area contributed by atoms with Gasteiger partial charge < -0.3 is 10.4 Å². The quantitative estimate of drug-likeness (QED) is 0.739. The van der Waals surface area contributed by atoms with Gasteiger partial charge in [0.05, 0.1) is 10.5 Å². The van der Waals surface area contributed by atoms with Crippen molar-refractivity contribution in [3.05, 3.63) is 59.7 Å². The number of anilines is 1. The minimum atomic E-state index is -4.36. The largest absolute Gasteiger partial charge is 0.478 e. The van der Waals surface area contributed by atoms with Crippen molar-refractivity contribution in [1.29, 1.82) is 0 Å². The van der Waals surface area contributed by atoms with E-state index in [-0.39, 0.29) is 21.7 Å². The Labute approximate surface area is 126 Å². The second-order valence-electron chi connectivity index (χ2n) is 4.34. The summed E-state index contributed by atoms with van der Waals surface area (Å²) in [5.41, 5.74) is 0.439. The van der Waals surface area contributed by atoms with E-state index in [1.54, 1.807) is 0 Å². The molecule has 1 amide bonds. The van der Waals surface area contributed by atoms with Gasteiger partial charge in [-0.2, -0.15) is 8.42 Å². The van der Waals surface area contributed by atoms with Crippen molar-refractivity contribution in [2.24, 2.45) is 0 Å². The van der Waals surface area contributed by atoms with Gasteiger partial charge in [-0.3, -0.25) is 9.35 Å². The molecule has 0 saturated carbocycles. The number of carboxylic acid groups (broad SMARTS) is 1.